The lowest BCUT2D eigenvalue weighted by molar-refractivity contribution is -0.00188. The molecule has 0 unspecified atom stereocenters. The van der Waals surface area contributed by atoms with Gasteiger partial charge in [-0.2, -0.15) is 0 Å². The molecule has 0 heterocycles. The molecule has 2 fully saturated rings. The number of halogens is 3. The maximum atomic E-state index is 15.1. The van der Waals surface area contributed by atoms with Gasteiger partial charge in [0.05, 0.1) is 6.10 Å². The fourth-order valence-electron chi connectivity index (χ4n) is 6.05. The van der Waals surface area contributed by atoms with E-state index >= 15 is 8.78 Å². The van der Waals surface area contributed by atoms with Crippen molar-refractivity contribution >= 4 is 0 Å². The van der Waals surface area contributed by atoms with Crippen LogP contribution >= 0.6 is 0 Å². The highest BCUT2D eigenvalue weighted by Crippen LogP contribution is 2.53. The van der Waals surface area contributed by atoms with Gasteiger partial charge < -0.3 is 4.74 Å². The molecular formula is C28H33F3O. The number of hydrogen-bond donors (Lipinski definition) is 0. The Morgan fingerprint density at radius 3 is 2.25 bits per heavy atom. The Bertz CT molecular complexity index is 985. The molecule has 0 amide bonds. The molecule has 0 aromatic heterocycles. The summed E-state index contributed by atoms with van der Waals surface area (Å²) >= 11 is 0. The fourth-order valence-corrected chi connectivity index (χ4v) is 6.05. The molecule has 0 spiro atoms. The van der Waals surface area contributed by atoms with Crippen molar-refractivity contribution in [2.24, 2.45) is 5.92 Å². The van der Waals surface area contributed by atoms with Gasteiger partial charge >= 0.3 is 0 Å². The van der Waals surface area contributed by atoms with E-state index in [9.17, 15) is 4.39 Å². The molecule has 172 valence electrons. The van der Waals surface area contributed by atoms with Crippen molar-refractivity contribution in [3.63, 3.8) is 0 Å². The van der Waals surface area contributed by atoms with Crippen molar-refractivity contribution in [1.82, 2.24) is 0 Å². The van der Waals surface area contributed by atoms with Gasteiger partial charge in [-0.15, -0.1) is 0 Å². The Hall–Kier alpha value is -1.81. The van der Waals surface area contributed by atoms with Crippen LogP contribution in [-0.4, -0.2) is 12.7 Å². The third-order valence-corrected chi connectivity index (χ3v) is 7.92. The van der Waals surface area contributed by atoms with E-state index in [-0.39, 0.29) is 23.1 Å². The van der Waals surface area contributed by atoms with Gasteiger partial charge in [0, 0.05) is 17.7 Å². The van der Waals surface area contributed by atoms with Crippen LogP contribution in [0.4, 0.5) is 13.2 Å². The van der Waals surface area contributed by atoms with E-state index in [2.05, 4.69) is 0 Å². The number of ether oxygens (including phenoxy) is 1. The molecular weight excluding hydrogens is 409 g/mol. The highest BCUT2D eigenvalue weighted by Gasteiger charge is 2.36. The topological polar surface area (TPSA) is 9.23 Å². The van der Waals surface area contributed by atoms with Crippen molar-refractivity contribution in [2.75, 3.05) is 6.61 Å². The van der Waals surface area contributed by atoms with E-state index in [1.807, 2.05) is 13.0 Å². The Balaban J connectivity index is 1.28. The first-order valence-electron chi connectivity index (χ1n) is 12.5. The molecule has 0 radical (unpaired) electrons. The number of rotatable bonds is 6. The van der Waals surface area contributed by atoms with Crippen molar-refractivity contribution in [2.45, 2.75) is 89.6 Å². The van der Waals surface area contributed by atoms with Gasteiger partial charge in [0.1, 0.15) is 5.82 Å². The molecule has 32 heavy (non-hydrogen) atoms. The SMILES string of the molecule is CCCc1ccc2c(c1F)-c1c-2cc(C2CCC(OCC3CCCCC3)CC2)c(F)c1F. The van der Waals surface area contributed by atoms with Crippen LogP contribution in [0.1, 0.15) is 88.2 Å². The molecule has 5 rings (SSSR count). The summed E-state index contributed by atoms with van der Waals surface area (Å²) in [5.41, 5.74) is 2.78. The van der Waals surface area contributed by atoms with Crippen LogP contribution in [0.3, 0.4) is 0 Å². The van der Waals surface area contributed by atoms with Gasteiger partial charge in [-0.3, -0.25) is 0 Å². The van der Waals surface area contributed by atoms with Crippen LogP contribution in [0.5, 0.6) is 0 Å². The summed E-state index contributed by atoms with van der Waals surface area (Å²) < 4.78 is 51.3. The van der Waals surface area contributed by atoms with Gasteiger partial charge in [-0.25, -0.2) is 13.2 Å². The van der Waals surface area contributed by atoms with Gasteiger partial charge in [-0.1, -0.05) is 44.7 Å². The molecule has 0 N–H and O–H groups in total. The first kappa shape index (κ1) is 22.0. The Morgan fingerprint density at radius 1 is 0.812 bits per heavy atom. The lowest BCUT2D eigenvalue weighted by Crippen LogP contribution is -2.25. The van der Waals surface area contributed by atoms with E-state index in [1.54, 1.807) is 12.1 Å². The number of fused-ring (bicyclic) bond motifs is 4. The number of benzene rings is 2. The average Bonchev–Trinajstić information content (AvgIpc) is 2.81. The van der Waals surface area contributed by atoms with Crippen LogP contribution in [0.2, 0.25) is 0 Å². The maximum absolute atomic E-state index is 15.1. The zero-order valence-corrected chi connectivity index (χ0v) is 19.0. The largest absolute Gasteiger partial charge is 0.378 e. The molecule has 2 saturated carbocycles. The summed E-state index contributed by atoms with van der Waals surface area (Å²) in [5, 5.41) is 0. The summed E-state index contributed by atoms with van der Waals surface area (Å²) in [6, 6.07) is 5.43. The molecule has 0 bridgehead atoms. The summed E-state index contributed by atoms with van der Waals surface area (Å²) in [6.45, 7) is 2.83. The predicted octanol–water partition coefficient (Wildman–Crippen LogP) is 8.33. The number of aryl methyl sites for hydroxylation is 1. The lowest BCUT2D eigenvalue weighted by Gasteiger charge is -2.33. The van der Waals surface area contributed by atoms with E-state index in [4.69, 9.17) is 4.74 Å². The minimum absolute atomic E-state index is 0.00223. The average molecular weight is 443 g/mol. The first-order chi connectivity index (χ1) is 15.6. The second-order valence-electron chi connectivity index (χ2n) is 10.0. The van der Waals surface area contributed by atoms with Crippen LogP contribution in [0.15, 0.2) is 18.2 Å². The standard InChI is InChI=1S/C28H33F3O/c1-2-6-19-11-14-21-23-15-22(27(30)28(31)25(23)24(21)26(19)29)18-9-12-20(13-10-18)32-16-17-7-4-3-5-8-17/h11,14-15,17-18,20H,2-10,12-13,16H2,1H3. The van der Waals surface area contributed by atoms with Crippen molar-refractivity contribution in [3.05, 3.63) is 46.8 Å². The first-order valence-corrected chi connectivity index (χ1v) is 12.5. The molecule has 4 heteroatoms. The van der Waals surface area contributed by atoms with Crippen molar-refractivity contribution in [3.8, 4) is 22.3 Å². The molecule has 0 aliphatic heterocycles. The van der Waals surface area contributed by atoms with E-state index < -0.39 is 17.5 Å². The van der Waals surface area contributed by atoms with Crippen molar-refractivity contribution in [1.29, 1.82) is 0 Å². The zero-order valence-electron chi connectivity index (χ0n) is 19.0. The molecule has 2 aromatic carbocycles. The maximum Gasteiger partial charge on any atom is 0.167 e. The Morgan fingerprint density at radius 2 is 1.53 bits per heavy atom. The summed E-state index contributed by atoms with van der Waals surface area (Å²) in [4.78, 5) is 0. The predicted molar refractivity (Wildman–Crippen MR) is 122 cm³/mol. The summed E-state index contributed by atoms with van der Waals surface area (Å²) in [7, 11) is 0. The minimum Gasteiger partial charge on any atom is -0.378 e. The van der Waals surface area contributed by atoms with Gasteiger partial charge in [-0.05, 0) is 85.1 Å². The van der Waals surface area contributed by atoms with Gasteiger partial charge in [0.15, 0.2) is 11.6 Å². The van der Waals surface area contributed by atoms with Gasteiger partial charge in [0.2, 0.25) is 0 Å². The van der Waals surface area contributed by atoms with Crippen LogP contribution in [0.25, 0.3) is 22.3 Å². The zero-order chi connectivity index (χ0) is 22.2. The van der Waals surface area contributed by atoms with E-state index in [0.29, 0.717) is 34.6 Å². The van der Waals surface area contributed by atoms with Gasteiger partial charge in [0.25, 0.3) is 0 Å². The number of hydrogen-bond acceptors (Lipinski definition) is 1. The van der Waals surface area contributed by atoms with E-state index in [1.165, 1.54) is 32.1 Å². The minimum atomic E-state index is -0.881. The smallest absolute Gasteiger partial charge is 0.167 e. The summed E-state index contributed by atoms with van der Waals surface area (Å²) in [5.74, 6) is -1.37. The molecule has 1 nitrogen and oxygen atoms in total. The van der Waals surface area contributed by atoms with Crippen LogP contribution in [0, 0.1) is 23.4 Å². The Kier molecular flexibility index (Phi) is 6.33. The molecule has 3 aliphatic rings. The second kappa shape index (κ2) is 9.21. The Labute approximate surface area is 189 Å². The third kappa shape index (κ3) is 3.89. The fraction of sp³-hybridized carbons (Fsp3) is 0.571. The highest BCUT2D eigenvalue weighted by molar-refractivity contribution is 6.03. The van der Waals surface area contributed by atoms with E-state index in [0.717, 1.165) is 38.7 Å². The molecule has 0 saturated heterocycles. The molecule has 3 aliphatic carbocycles. The quantitative estimate of drug-likeness (QED) is 0.373. The molecule has 2 aromatic rings. The summed E-state index contributed by atoms with van der Waals surface area (Å²) in [6.07, 6.45) is 11.6. The normalized spacial score (nSPS) is 22.9. The monoisotopic (exact) mass is 442 g/mol. The van der Waals surface area contributed by atoms with Crippen LogP contribution < -0.4 is 0 Å². The van der Waals surface area contributed by atoms with Crippen molar-refractivity contribution < 1.29 is 17.9 Å². The third-order valence-electron chi connectivity index (χ3n) is 7.92. The molecule has 0 atom stereocenters. The van der Waals surface area contributed by atoms with Crippen LogP contribution in [-0.2, 0) is 11.2 Å². The lowest BCUT2D eigenvalue weighted by atomic mass is 9.74. The second-order valence-corrected chi connectivity index (χ2v) is 10.0. The highest BCUT2D eigenvalue weighted by atomic mass is 19.2.